The van der Waals surface area contributed by atoms with Crippen LogP contribution < -0.4 is 5.32 Å². The number of ether oxygens (including phenoxy) is 2. The van der Waals surface area contributed by atoms with Gasteiger partial charge in [-0.25, -0.2) is 0 Å². The molecule has 4 fully saturated rings. The first kappa shape index (κ1) is 18.4. The van der Waals surface area contributed by atoms with Gasteiger partial charge in [-0.3, -0.25) is 4.99 Å². The Morgan fingerprint density at radius 3 is 2.89 bits per heavy atom. The maximum absolute atomic E-state index is 6.07. The van der Waals surface area contributed by atoms with Gasteiger partial charge in [0, 0.05) is 50.0 Å². The van der Waals surface area contributed by atoms with E-state index >= 15 is 0 Å². The molecule has 5 heteroatoms. The third kappa shape index (κ3) is 3.13. The summed E-state index contributed by atoms with van der Waals surface area (Å²) in [6.45, 7) is 4.59. The molecule has 2 heterocycles. The molecule has 1 spiro atoms. The highest BCUT2D eigenvalue weighted by Gasteiger charge is 2.66. The van der Waals surface area contributed by atoms with Crippen molar-refractivity contribution in [2.45, 2.75) is 50.9 Å². The fourth-order valence-electron chi connectivity index (χ4n) is 5.97. The van der Waals surface area contributed by atoms with Gasteiger partial charge in [0.2, 0.25) is 0 Å². The van der Waals surface area contributed by atoms with Crippen molar-refractivity contribution < 1.29 is 9.47 Å². The first-order chi connectivity index (χ1) is 13.8. The van der Waals surface area contributed by atoms with Gasteiger partial charge in [-0.05, 0) is 31.2 Å². The molecule has 1 aromatic rings. The number of fused-ring (bicyclic) bond motifs is 2. The van der Waals surface area contributed by atoms with Crippen molar-refractivity contribution in [1.82, 2.24) is 10.2 Å². The summed E-state index contributed by atoms with van der Waals surface area (Å²) in [6, 6.07) is 11.0. The quantitative estimate of drug-likeness (QED) is 0.627. The van der Waals surface area contributed by atoms with Crippen LogP contribution in [-0.2, 0) is 16.1 Å². The van der Waals surface area contributed by atoms with Crippen LogP contribution in [-0.4, -0.2) is 56.4 Å². The van der Waals surface area contributed by atoms with Gasteiger partial charge in [-0.1, -0.05) is 36.8 Å². The normalized spacial score (nSPS) is 33.5. The third-order valence-electron chi connectivity index (χ3n) is 7.58. The second-order valence-electron chi connectivity index (χ2n) is 9.10. The zero-order chi connectivity index (χ0) is 19.0. The minimum atomic E-state index is 0.398. The Morgan fingerprint density at radius 2 is 2.14 bits per heavy atom. The largest absolute Gasteiger partial charge is 0.377 e. The topological polar surface area (TPSA) is 46.1 Å². The molecular weight excluding hydrogens is 350 g/mol. The zero-order valence-corrected chi connectivity index (χ0v) is 17.0. The Kier molecular flexibility index (Phi) is 5.06. The molecule has 28 heavy (non-hydrogen) atoms. The van der Waals surface area contributed by atoms with Gasteiger partial charge in [0.05, 0.1) is 19.3 Å². The van der Waals surface area contributed by atoms with Crippen LogP contribution >= 0.6 is 0 Å². The van der Waals surface area contributed by atoms with E-state index in [0.717, 1.165) is 32.3 Å². The highest BCUT2D eigenvalue weighted by Crippen LogP contribution is 2.62. The fraction of sp³-hybridized carbons (Fsp3) is 0.696. The molecule has 1 N–H and O–H groups in total. The summed E-state index contributed by atoms with van der Waals surface area (Å²) >= 11 is 0. The van der Waals surface area contributed by atoms with E-state index in [9.17, 15) is 0 Å². The summed E-state index contributed by atoms with van der Waals surface area (Å²) in [5.74, 6) is 2.36. The number of rotatable bonds is 5. The smallest absolute Gasteiger partial charge is 0.193 e. The number of likely N-dealkylation sites (tertiary alicyclic amines) is 1. The lowest BCUT2D eigenvalue weighted by Crippen LogP contribution is -2.72. The molecule has 4 aliphatic rings. The lowest BCUT2D eigenvalue weighted by Gasteiger charge is -2.63. The first-order valence-electron chi connectivity index (χ1n) is 11.0. The molecule has 0 radical (unpaired) electrons. The van der Waals surface area contributed by atoms with E-state index in [1.54, 1.807) is 0 Å². The highest BCUT2D eigenvalue weighted by molar-refractivity contribution is 5.81. The molecule has 1 aromatic carbocycles. The average Bonchev–Trinajstić information content (AvgIpc) is 3.31. The Balaban J connectivity index is 1.13. The van der Waals surface area contributed by atoms with Crippen molar-refractivity contribution >= 4 is 5.96 Å². The summed E-state index contributed by atoms with van der Waals surface area (Å²) in [5.41, 5.74) is 1.65. The summed E-state index contributed by atoms with van der Waals surface area (Å²) < 4.78 is 12.1. The van der Waals surface area contributed by atoms with Crippen LogP contribution in [0.25, 0.3) is 0 Å². The molecule has 2 saturated carbocycles. The summed E-state index contributed by atoms with van der Waals surface area (Å²) in [4.78, 5) is 7.08. The second kappa shape index (κ2) is 7.68. The molecule has 2 aliphatic heterocycles. The molecule has 152 valence electrons. The van der Waals surface area contributed by atoms with E-state index in [2.05, 4.69) is 39.5 Å². The number of nitrogens with zero attached hydrogens (tertiary/aromatic N) is 2. The summed E-state index contributed by atoms with van der Waals surface area (Å²) in [7, 11) is 1.93. The Bertz CT molecular complexity index is 703. The Hall–Kier alpha value is -1.59. The molecule has 2 saturated heterocycles. The monoisotopic (exact) mass is 383 g/mol. The van der Waals surface area contributed by atoms with E-state index in [4.69, 9.17) is 9.47 Å². The minimum Gasteiger partial charge on any atom is -0.377 e. The van der Waals surface area contributed by atoms with Crippen molar-refractivity contribution in [2.75, 3.05) is 33.4 Å². The lowest BCUT2D eigenvalue weighted by atomic mass is 9.46. The van der Waals surface area contributed by atoms with Crippen LogP contribution in [0.3, 0.4) is 0 Å². The second-order valence-corrected chi connectivity index (χ2v) is 9.10. The summed E-state index contributed by atoms with van der Waals surface area (Å²) in [6.07, 6.45) is 6.89. The molecule has 4 unspecified atom stereocenters. The van der Waals surface area contributed by atoms with Crippen molar-refractivity contribution in [3.8, 4) is 0 Å². The van der Waals surface area contributed by atoms with E-state index in [1.807, 2.05) is 13.1 Å². The van der Waals surface area contributed by atoms with E-state index in [0.29, 0.717) is 36.0 Å². The number of hydrogen-bond acceptors (Lipinski definition) is 3. The van der Waals surface area contributed by atoms with Gasteiger partial charge < -0.3 is 19.7 Å². The number of aliphatic imine (C=N–C) groups is 1. The number of nitrogens with one attached hydrogen (secondary N) is 1. The molecule has 4 atom stereocenters. The zero-order valence-electron chi connectivity index (χ0n) is 17.0. The van der Waals surface area contributed by atoms with Gasteiger partial charge in [-0.2, -0.15) is 0 Å². The van der Waals surface area contributed by atoms with Crippen LogP contribution in [0.15, 0.2) is 35.3 Å². The Labute approximate surface area is 168 Å². The third-order valence-corrected chi connectivity index (χ3v) is 7.58. The van der Waals surface area contributed by atoms with Crippen molar-refractivity contribution in [3.05, 3.63) is 35.9 Å². The van der Waals surface area contributed by atoms with Crippen LogP contribution in [0.2, 0.25) is 0 Å². The highest BCUT2D eigenvalue weighted by atomic mass is 16.5. The average molecular weight is 384 g/mol. The van der Waals surface area contributed by atoms with E-state index in [-0.39, 0.29) is 0 Å². The lowest BCUT2D eigenvalue weighted by molar-refractivity contribution is -0.171. The maximum Gasteiger partial charge on any atom is 0.193 e. The van der Waals surface area contributed by atoms with E-state index < -0.39 is 0 Å². The standard InChI is InChI=1S/C23H33N3O2/c1-24-22(25-20-19-9-13-28-21(19)23(20)10-5-11-23)26-12-8-18(14-26)16-27-15-17-6-3-2-4-7-17/h2-4,6-7,18-21H,5,8-16H2,1H3,(H,24,25). The SMILES string of the molecule is CN=C(NC1C2CCOC2C12CCC2)N1CCC(COCc2ccccc2)C1. The predicted octanol–water partition coefficient (Wildman–Crippen LogP) is 3.06. The molecule has 0 aromatic heterocycles. The molecular formula is C23H33N3O2. The number of guanidine groups is 1. The molecule has 2 aliphatic carbocycles. The van der Waals surface area contributed by atoms with Gasteiger partial charge >= 0.3 is 0 Å². The van der Waals surface area contributed by atoms with Gasteiger partial charge in [0.25, 0.3) is 0 Å². The van der Waals surface area contributed by atoms with Crippen LogP contribution in [0.5, 0.6) is 0 Å². The number of benzene rings is 1. The van der Waals surface area contributed by atoms with Crippen LogP contribution in [0.4, 0.5) is 0 Å². The minimum absolute atomic E-state index is 0.398. The molecule has 0 bridgehead atoms. The van der Waals surface area contributed by atoms with Crippen LogP contribution in [0.1, 0.15) is 37.7 Å². The molecule has 5 rings (SSSR count). The fourth-order valence-corrected chi connectivity index (χ4v) is 5.97. The molecule has 5 nitrogen and oxygen atoms in total. The molecule has 0 amide bonds. The first-order valence-corrected chi connectivity index (χ1v) is 11.0. The number of hydrogen-bond donors (Lipinski definition) is 1. The van der Waals surface area contributed by atoms with Crippen molar-refractivity contribution in [2.24, 2.45) is 22.2 Å². The van der Waals surface area contributed by atoms with E-state index in [1.165, 1.54) is 37.7 Å². The van der Waals surface area contributed by atoms with Crippen molar-refractivity contribution in [1.29, 1.82) is 0 Å². The van der Waals surface area contributed by atoms with Crippen molar-refractivity contribution in [3.63, 3.8) is 0 Å². The van der Waals surface area contributed by atoms with Crippen LogP contribution in [0, 0.1) is 17.3 Å². The van der Waals surface area contributed by atoms with Gasteiger partial charge in [0.1, 0.15) is 0 Å². The predicted molar refractivity (Wildman–Crippen MR) is 110 cm³/mol. The Morgan fingerprint density at radius 1 is 1.29 bits per heavy atom. The maximum atomic E-state index is 6.07. The van der Waals surface area contributed by atoms with Gasteiger partial charge in [0.15, 0.2) is 5.96 Å². The van der Waals surface area contributed by atoms with Gasteiger partial charge in [-0.15, -0.1) is 0 Å². The summed E-state index contributed by atoms with van der Waals surface area (Å²) in [5, 5.41) is 3.87.